The van der Waals surface area contributed by atoms with Crippen LogP contribution in [0.1, 0.15) is 48.2 Å². The molecule has 0 spiro atoms. The van der Waals surface area contributed by atoms with Crippen LogP contribution in [-0.4, -0.2) is 60.4 Å². The van der Waals surface area contributed by atoms with Crippen LogP contribution in [0, 0.1) is 5.82 Å². The molecule has 1 saturated heterocycles. The highest BCUT2D eigenvalue weighted by molar-refractivity contribution is 7.98. The fourth-order valence-corrected chi connectivity index (χ4v) is 5.11. The Morgan fingerprint density at radius 3 is 2.59 bits per heavy atom. The van der Waals surface area contributed by atoms with Gasteiger partial charge in [0.25, 0.3) is 5.91 Å². The molecule has 3 atom stereocenters. The molecule has 9 heteroatoms. The number of amides is 1. The van der Waals surface area contributed by atoms with Gasteiger partial charge in [0.2, 0.25) is 0 Å². The van der Waals surface area contributed by atoms with Gasteiger partial charge in [0.05, 0.1) is 6.10 Å². The molecule has 0 bridgehead atoms. The highest BCUT2D eigenvalue weighted by atomic mass is 32.2. The van der Waals surface area contributed by atoms with Gasteiger partial charge in [0, 0.05) is 35.6 Å². The number of aryl methyl sites for hydroxylation is 2. The van der Waals surface area contributed by atoms with Gasteiger partial charge in [0.1, 0.15) is 11.9 Å². The number of anilines is 1. The summed E-state index contributed by atoms with van der Waals surface area (Å²) in [7, 11) is 0. The standard InChI is InChI=1S/C28H38FN3O3S2/c1-18(2)35-28(34)26(12-13-37-3)32-27(33)25-15-22(30-16-23-14-24(36)17-31-23)11-8-20(25)7-4-19-5-9-21(29)10-6-19/h5-6,8-11,15,18,23-24,26,30-31,36H,4,7,12-14,16-17H2,1-3H3,(H,32,33)/t23-,24-,26-/m0/s1. The molecule has 0 aliphatic carbocycles. The first-order chi connectivity index (χ1) is 17.7. The van der Waals surface area contributed by atoms with Gasteiger partial charge in [0.15, 0.2) is 0 Å². The molecule has 2 aromatic rings. The van der Waals surface area contributed by atoms with Gasteiger partial charge >= 0.3 is 5.97 Å². The average Bonchev–Trinajstić information content (AvgIpc) is 3.29. The minimum atomic E-state index is -0.723. The molecule has 1 aliphatic rings. The van der Waals surface area contributed by atoms with Crippen molar-refractivity contribution >= 4 is 42.0 Å². The third-order valence-corrected chi connectivity index (χ3v) is 7.29. The van der Waals surface area contributed by atoms with Crippen LogP contribution < -0.4 is 16.0 Å². The van der Waals surface area contributed by atoms with Crippen LogP contribution in [0.15, 0.2) is 42.5 Å². The molecular weight excluding hydrogens is 509 g/mol. The van der Waals surface area contributed by atoms with E-state index < -0.39 is 12.0 Å². The van der Waals surface area contributed by atoms with Gasteiger partial charge in [-0.1, -0.05) is 18.2 Å². The molecule has 1 aliphatic heterocycles. The number of hydrogen-bond donors (Lipinski definition) is 4. The van der Waals surface area contributed by atoms with Crippen molar-refractivity contribution in [2.45, 2.75) is 63.0 Å². The Labute approximate surface area is 229 Å². The monoisotopic (exact) mass is 547 g/mol. The summed E-state index contributed by atoms with van der Waals surface area (Å²) in [5.74, 6) is -0.283. The maximum atomic E-state index is 13.5. The highest BCUT2D eigenvalue weighted by Crippen LogP contribution is 2.21. The number of carbonyl (C=O) groups excluding carboxylic acids is 2. The molecule has 37 heavy (non-hydrogen) atoms. The molecule has 1 heterocycles. The Morgan fingerprint density at radius 2 is 1.95 bits per heavy atom. The van der Waals surface area contributed by atoms with Gasteiger partial charge in [-0.05, 0) is 86.9 Å². The minimum absolute atomic E-state index is 0.263. The first-order valence-corrected chi connectivity index (χ1v) is 14.7. The molecule has 6 nitrogen and oxygen atoms in total. The summed E-state index contributed by atoms with van der Waals surface area (Å²) in [4.78, 5) is 26.2. The second-order valence-corrected chi connectivity index (χ2v) is 11.4. The maximum Gasteiger partial charge on any atom is 0.328 e. The average molecular weight is 548 g/mol. The number of carbonyl (C=O) groups is 2. The van der Waals surface area contributed by atoms with Crippen molar-refractivity contribution in [1.82, 2.24) is 10.6 Å². The normalized spacial score (nSPS) is 18.0. The number of ether oxygens (including phenoxy) is 1. The summed E-state index contributed by atoms with van der Waals surface area (Å²) in [6.07, 6.45) is 4.43. The number of nitrogens with one attached hydrogen (secondary N) is 3. The molecule has 0 aromatic heterocycles. The summed E-state index contributed by atoms with van der Waals surface area (Å²) in [5.41, 5.74) is 3.21. The highest BCUT2D eigenvalue weighted by Gasteiger charge is 2.25. The zero-order chi connectivity index (χ0) is 26.8. The van der Waals surface area contributed by atoms with Crippen molar-refractivity contribution in [3.8, 4) is 0 Å². The fraction of sp³-hybridized carbons (Fsp3) is 0.500. The van der Waals surface area contributed by atoms with Crippen molar-refractivity contribution in [3.05, 3.63) is 65.0 Å². The Balaban J connectivity index is 1.78. The van der Waals surface area contributed by atoms with E-state index in [0.29, 0.717) is 36.1 Å². The van der Waals surface area contributed by atoms with Crippen LogP contribution in [0.4, 0.5) is 10.1 Å². The zero-order valence-corrected chi connectivity index (χ0v) is 23.5. The van der Waals surface area contributed by atoms with E-state index >= 15 is 0 Å². The summed E-state index contributed by atoms with van der Waals surface area (Å²) >= 11 is 6.15. The zero-order valence-electron chi connectivity index (χ0n) is 21.8. The summed E-state index contributed by atoms with van der Waals surface area (Å²) in [5, 5.41) is 10.2. The number of benzene rings is 2. The minimum Gasteiger partial charge on any atom is -0.461 e. The Bertz CT molecular complexity index is 1040. The van der Waals surface area contributed by atoms with Crippen molar-refractivity contribution in [1.29, 1.82) is 0 Å². The van der Waals surface area contributed by atoms with E-state index in [0.717, 1.165) is 42.1 Å². The van der Waals surface area contributed by atoms with E-state index in [9.17, 15) is 14.0 Å². The van der Waals surface area contributed by atoms with E-state index in [1.54, 1.807) is 37.7 Å². The number of thiol groups is 1. The quantitative estimate of drug-likeness (QED) is 0.219. The first kappa shape index (κ1) is 29.3. The van der Waals surface area contributed by atoms with Gasteiger partial charge < -0.3 is 20.7 Å². The molecule has 1 amide bonds. The molecule has 2 aromatic carbocycles. The number of esters is 1. The molecule has 0 unspecified atom stereocenters. The van der Waals surface area contributed by atoms with Gasteiger partial charge in [-0.3, -0.25) is 4.79 Å². The van der Waals surface area contributed by atoms with Crippen molar-refractivity contribution < 1.29 is 18.7 Å². The summed E-state index contributed by atoms with van der Waals surface area (Å²) in [6.45, 7) is 5.20. The number of hydrogen-bond acceptors (Lipinski definition) is 7. The topological polar surface area (TPSA) is 79.5 Å². The van der Waals surface area contributed by atoms with Crippen LogP contribution in [0.3, 0.4) is 0 Å². The molecule has 1 fully saturated rings. The lowest BCUT2D eigenvalue weighted by Gasteiger charge is -2.20. The van der Waals surface area contributed by atoms with Crippen LogP contribution in [0.5, 0.6) is 0 Å². The largest absolute Gasteiger partial charge is 0.461 e. The Morgan fingerprint density at radius 1 is 1.19 bits per heavy atom. The Kier molecular flexibility index (Phi) is 11.6. The lowest BCUT2D eigenvalue weighted by atomic mass is 9.98. The third kappa shape index (κ3) is 9.54. The molecule has 202 valence electrons. The molecule has 0 saturated carbocycles. The SMILES string of the molecule is CSCC[C@H](NC(=O)c1cc(NC[C@@H]2C[C@H](S)CN2)ccc1CCc1ccc(F)cc1)C(=O)OC(C)C. The van der Waals surface area contributed by atoms with E-state index in [-0.39, 0.29) is 17.8 Å². The molecular formula is C28H38FN3O3S2. The van der Waals surface area contributed by atoms with Crippen LogP contribution >= 0.6 is 24.4 Å². The molecule has 3 rings (SSSR count). The van der Waals surface area contributed by atoms with Gasteiger partial charge in [-0.25, -0.2) is 9.18 Å². The predicted molar refractivity (Wildman–Crippen MR) is 153 cm³/mol. The summed E-state index contributed by atoms with van der Waals surface area (Å²) < 4.78 is 18.7. The van der Waals surface area contributed by atoms with E-state index in [1.165, 1.54) is 12.1 Å². The molecule has 0 radical (unpaired) electrons. The second-order valence-electron chi connectivity index (χ2n) is 9.67. The van der Waals surface area contributed by atoms with Crippen molar-refractivity contribution in [3.63, 3.8) is 0 Å². The number of halogens is 1. The lowest BCUT2D eigenvalue weighted by Crippen LogP contribution is -2.43. The maximum absolute atomic E-state index is 13.5. The predicted octanol–water partition coefficient (Wildman–Crippen LogP) is 4.49. The van der Waals surface area contributed by atoms with Crippen LogP contribution in [0.2, 0.25) is 0 Å². The Hall–Kier alpha value is -2.23. The van der Waals surface area contributed by atoms with Crippen LogP contribution in [0.25, 0.3) is 0 Å². The van der Waals surface area contributed by atoms with Crippen molar-refractivity contribution in [2.24, 2.45) is 0 Å². The van der Waals surface area contributed by atoms with Gasteiger partial charge in [-0.15, -0.1) is 0 Å². The number of rotatable bonds is 13. The first-order valence-electron chi connectivity index (χ1n) is 12.8. The van der Waals surface area contributed by atoms with E-state index in [4.69, 9.17) is 4.74 Å². The van der Waals surface area contributed by atoms with Gasteiger partial charge in [-0.2, -0.15) is 24.4 Å². The number of thioether (sulfide) groups is 1. The van der Waals surface area contributed by atoms with Crippen molar-refractivity contribution in [2.75, 3.05) is 30.4 Å². The van der Waals surface area contributed by atoms with E-state index in [1.807, 2.05) is 24.5 Å². The fourth-order valence-electron chi connectivity index (χ4n) is 4.28. The smallest absolute Gasteiger partial charge is 0.328 e. The van der Waals surface area contributed by atoms with Crippen LogP contribution in [-0.2, 0) is 22.4 Å². The lowest BCUT2D eigenvalue weighted by molar-refractivity contribution is -0.149. The third-order valence-electron chi connectivity index (χ3n) is 6.25. The van der Waals surface area contributed by atoms with E-state index in [2.05, 4.69) is 28.6 Å². The second kappa shape index (κ2) is 14.6. The summed E-state index contributed by atoms with van der Waals surface area (Å²) in [6, 6.07) is 11.8. The molecule has 3 N–H and O–H groups in total.